The summed E-state index contributed by atoms with van der Waals surface area (Å²) in [5.74, 6) is 1.78. The Hall–Kier alpha value is -2.10. The number of allylic oxidation sites excluding steroid dienone is 2. The van der Waals surface area contributed by atoms with E-state index >= 15 is 0 Å². The Morgan fingerprint density at radius 1 is 1.04 bits per heavy atom. The summed E-state index contributed by atoms with van der Waals surface area (Å²) in [7, 11) is 0. The smallest absolute Gasteiger partial charge is 0.235 e. The van der Waals surface area contributed by atoms with Gasteiger partial charge in [-0.1, -0.05) is 24.3 Å². The van der Waals surface area contributed by atoms with Gasteiger partial charge in [-0.2, -0.15) is 0 Å². The number of amides is 2. The van der Waals surface area contributed by atoms with E-state index in [9.17, 15) is 9.59 Å². The summed E-state index contributed by atoms with van der Waals surface area (Å²) in [5.41, 5.74) is 3.28. The lowest BCUT2D eigenvalue weighted by Gasteiger charge is -2.37. The topological polar surface area (TPSA) is 49.4 Å². The van der Waals surface area contributed by atoms with Crippen molar-refractivity contribution in [3.05, 3.63) is 41.5 Å². The first kappa shape index (κ1) is 14.3. The largest absolute Gasteiger partial charge is 0.367 e. The summed E-state index contributed by atoms with van der Waals surface area (Å²) in [6.07, 6.45) is 5.64. The molecule has 6 atom stereocenters. The van der Waals surface area contributed by atoms with Gasteiger partial charge in [0.1, 0.15) is 0 Å². The fourth-order valence-corrected chi connectivity index (χ4v) is 5.27. The minimum absolute atomic E-state index is 0.0347. The molecule has 1 heterocycles. The van der Waals surface area contributed by atoms with Crippen LogP contribution in [-0.4, -0.2) is 23.4 Å². The molecule has 0 radical (unpaired) electrons. The summed E-state index contributed by atoms with van der Waals surface area (Å²) in [6.45, 7) is 4.36. The maximum Gasteiger partial charge on any atom is 0.235 e. The van der Waals surface area contributed by atoms with Gasteiger partial charge in [0.25, 0.3) is 0 Å². The van der Waals surface area contributed by atoms with Gasteiger partial charge in [-0.3, -0.25) is 14.5 Å². The number of rotatable bonds is 3. The lowest BCUT2D eigenvalue weighted by atomic mass is 9.63. The van der Waals surface area contributed by atoms with Gasteiger partial charge >= 0.3 is 0 Å². The van der Waals surface area contributed by atoms with Crippen LogP contribution in [0.15, 0.2) is 30.4 Å². The summed E-state index contributed by atoms with van der Waals surface area (Å²) in [6, 6.07) is 6.19. The van der Waals surface area contributed by atoms with E-state index in [1.165, 1.54) is 11.3 Å². The molecule has 1 aromatic carbocycles. The Balaban J connectivity index is 1.38. The summed E-state index contributed by atoms with van der Waals surface area (Å²) in [4.78, 5) is 27.3. The number of anilines is 1. The Morgan fingerprint density at radius 3 is 2.29 bits per heavy atom. The molecule has 1 saturated heterocycles. The average molecular weight is 322 g/mol. The second-order valence-corrected chi connectivity index (χ2v) is 7.91. The van der Waals surface area contributed by atoms with Gasteiger partial charge in [0.05, 0.1) is 18.5 Å². The van der Waals surface area contributed by atoms with Crippen molar-refractivity contribution in [1.82, 2.24) is 4.90 Å². The van der Waals surface area contributed by atoms with E-state index in [0.717, 1.165) is 16.8 Å². The van der Waals surface area contributed by atoms with Crippen molar-refractivity contribution in [1.29, 1.82) is 0 Å². The highest BCUT2D eigenvalue weighted by molar-refractivity contribution is 6.06. The molecule has 0 spiro atoms. The zero-order valence-corrected chi connectivity index (χ0v) is 14.0. The number of aryl methyl sites for hydroxylation is 2. The molecule has 6 rings (SSSR count). The molecular weight excluding hydrogens is 300 g/mol. The zero-order valence-electron chi connectivity index (χ0n) is 14.0. The number of nitrogens with one attached hydrogen (secondary N) is 1. The number of likely N-dealkylation sites (tertiary alicyclic amines) is 1. The third-order valence-electron chi connectivity index (χ3n) is 6.57. The zero-order chi connectivity index (χ0) is 16.6. The highest BCUT2D eigenvalue weighted by Gasteiger charge is 2.66. The van der Waals surface area contributed by atoms with Gasteiger partial charge in [0, 0.05) is 5.69 Å². The molecule has 5 aliphatic rings. The molecule has 1 N–H and O–H groups in total. The highest BCUT2D eigenvalue weighted by Crippen LogP contribution is 2.65. The number of nitrogens with zero attached hydrogens (tertiary/aromatic N) is 1. The molecule has 24 heavy (non-hydrogen) atoms. The van der Waals surface area contributed by atoms with Crippen LogP contribution in [0.2, 0.25) is 0 Å². The van der Waals surface area contributed by atoms with Crippen molar-refractivity contribution >= 4 is 17.5 Å². The monoisotopic (exact) mass is 322 g/mol. The first-order valence-electron chi connectivity index (χ1n) is 8.91. The molecule has 2 amide bonds. The van der Waals surface area contributed by atoms with Gasteiger partial charge in [0.15, 0.2) is 0 Å². The molecule has 1 aliphatic heterocycles. The van der Waals surface area contributed by atoms with E-state index < -0.39 is 0 Å². The Morgan fingerprint density at radius 2 is 1.67 bits per heavy atom. The fourth-order valence-electron chi connectivity index (χ4n) is 5.27. The van der Waals surface area contributed by atoms with Crippen LogP contribution in [-0.2, 0) is 9.59 Å². The molecule has 4 aliphatic carbocycles. The molecule has 3 fully saturated rings. The standard InChI is InChI=1S/C20H22N2O2/c1-10-3-4-11(2)16(7-10)21-9-22-19(23)17-12-5-6-13(15-8-14(12)15)18(17)20(22)24/h3-7,12-15,17-18,21H,8-9H2,1-2H3/t12-,13+,14-,15-,17+,18+/m1/s1. The minimum atomic E-state index is -0.100. The Kier molecular flexibility index (Phi) is 2.80. The molecule has 4 heteroatoms. The van der Waals surface area contributed by atoms with E-state index in [-0.39, 0.29) is 30.3 Å². The molecular formula is C20H22N2O2. The van der Waals surface area contributed by atoms with Crippen LogP contribution >= 0.6 is 0 Å². The molecule has 1 aromatic rings. The fraction of sp³-hybridized carbons (Fsp3) is 0.500. The quantitative estimate of drug-likeness (QED) is 0.688. The van der Waals surface area contributed by atoms with Crippen molar-refractivity contribution < 1.29 is 9.59 Å². The number of hydrogen-bond acceptors (Lipinski definition) is 3. The third kappa shape index (κ3) is 1.80. The summed E-state index contributed by atoms with van der Waals surface area (Å²) >= 11 is 0. The number of carbonyl (C=O) groups is 2. The number of imide groups is 1. The molecule has 4 nitrogen and oxygen atoms in total. The first-order chi connectivity index (χ1) is 11.6. The second kappa shape index (κ2) is 4.71. The molecule has 124 valence electrons. The van der Waals surface area contributed by atoms with Gasteiger partial charge in [0.2, 0.25) is 11.8 Å². The number of benzene rings is 1. The lowest BCUT2D eigenvalue weighted by molar-refractivity contribution is -0.139. The summed E-state index contributed by atoms with van der Waals surface area (Å²) < 4.78 is 0. The van der Waals surface area contributed by atoms with Gasteiger partial charge in [-0.25, -0.2) is 0 Å². The second-order valence-electron chi connectivity index (χ2n) is 7.91. The van der Waals surface area contributed by atoms with Crippen LogP contribution in [0.3, 0.4) is 0 Å². The highest BCUT2D eigenvalue weighted by atomic mass is 16.2. The van der Waals surface area contributed by atoms with Crippen molar-refractivity contribution in [2.75, 3.05) is 12.0 Å². The maximum atomic E-state index is 12.9. The molecule has 0 aromatic heterocycles. The van der Waals surface area contributed by atoms with Crippen molar-refractivity contribution in [3.8, 4) is 0 Å². The van der Waals surface area contributed by atoms with E-state index in [4.69, 9.17) is 0 Å². The van der Waals surface area contributed by atoms with E-state index in [0.29, 0.717) is 23.7 Å². The third-order valence-corrected chi connectivity index (χ3v) is 6.57. The molecule has 2 saturated carbocycles. The van der Waals surface area contributed by atoms with Gasteiger partial charge in [-0.05, 0) is 61.1 Å². The van der Waals surface area contributed by atoms with Crippen LogP contribution in [0.5, 0.6) is 0 Å². The summed E-state index contributed by atoms with van der Waals surface area (Å²) in [5, 5.41) is 3.30. The number of carbonyl (C=O) groups excluding carboxylic acids is 2. The SMILES string of the molecule is Cc1ccc(C)c(NCN2C(=O)[C@H]3[C@@H]4C=C[C@@H]([C@H]5C[C@H]45)[C@@H]3C2=O)c1. The van der Waals surface area contributed by atoms with Crippen LogP contribution in [0.1, 0.15) is 17.5 Å². The normalized spacial score (nSPS) is 38.3. The lowest BCUT2D eigenvalue weighted by Crippen LogP contribution is -2.40. The predicted octanol–water partition coefficient (Wildman–Crippen LogP) is 2.73. The van der Waals surface area contributed by atoms with Crippen LogP contribution in [0.25, 0.3) is 0 Å². The van der Waals surface area contributed by atoms with E-state index in [1.54, 1.807) is 0 Å². The first-order valence-corrected chi connectivity index (χ1v) is 8.91. The van der Waals surface area contributed by atoms with Crippen LogP contribution in [0.4, 0.5) is 5.69 Å². The van der Waals surface area contributed by atoms with Crippen molar-refractivity contribution in [2.24, 2.45) is 35.5 Å². The maximum absolute atomic E-state index is 12.9. The molecule has 2 bridgehead atoms. The predicted molar refractivity (Wildman–Crippen MR) is 91.0 cm³/mol. The Labute approximate surface area is 141 Å². The number of hydrogen-bond donors (Lipinski definition) is 1. The van der Waals surface area contributed by atoms with E-state index in [1.807, 2.05) is 13.8 Å². The van der Waals surface area contributed by atoms with Crippen molar-refractivity contribution in [2.45, 2.75) is 20.3 Å². The van der Waals surface area contributed by atoms with Crippen LogP contribution in [0, 0.1) is 49.4 Å². The minimum Gasteiger partial charge on any atom is -0.367 e. The van der Waals surface area contributed by atoms with Crippen LogP contribution < -0.4 is 5.32 Å². The van der Waals surface area contributed by atoms with E-state index in [2.05, 4.69) is 35.7 Å². The van der Waals surface area contributed by atoms with Gasteiger partial charge in [-0.15, -0.1) is 0 Å². The Bertz CT molecular complexity index is 748. The molecule has 0 unspecified atom stereocenters. The van der Waals surface area contributed by atoms with Crippen molar-refractivity contribution in [3.63, 3.8) is 0 Å². The average Bonchev–Trinajstić information content (AvgIpc) is 3.35. The van der Waals surface area contributed by atoms with Gasteiger partial charge < -0.3 is 5.32 Å².